The minimum Gasteiger partial charge on any atom is -0.298 e. The van der Waals surface area contributed by atoms with Gasteiger partial charge in [0.1, 0.15) is 5.78 Å². The third-order valence-electron chi connectivity index (χ3n) is 2.14. The van der Waals surface area contributed by atoms with Gasteiger partial charge < -0.3 is 0 Å². The molecule has 1 saturated heterocycles. The Morgan fingerprint density at radius 2 is 2.23 bits per heavy atom. The fourth-order valence-electron chi connectivity index (χ4n) is 1.27. The highest BCUT2D eigenvalue weighted by atomic mass is 32.2. The summed E-state index contributed by atoms with van der Waals surface area (Å²) in [7, 11) is 0. The van der Waals surface area contributed by atoms with Gasteiger partial charge in [0, 0.05) is 23.7 Å². The number of hydrogen-bond donors (Lipinski definition) is 0. The van der Waals surface area contributed by atoms with Crippen molar-refractivity contribution in [2.24, 2.45) is 5.92 Å². The van der Waals surface area contributed by atoms with Crippen molar-refractivity contribution in [3.8, 4) is 0 Å². The molecule has 0 aromatic heterocycles. The summed E-state index contributed by atoms with van der Waals surface area (Å²) < 4.78 is 0. The van der Waals surface area contributed by atoms with Crippen LogP contribution in [0, 0.1) is 5.92 Å². The van der Waals surface area contributed by atoms with Crippen molar-refractivity contribution in [3.05, 3.63) is 0 Å². The minimum atomic E-state index is 0.303. The highest BCUT2D eigenvalue weighted by Gasteiger charge is 2.21. The Kier molecular flexibility index (Phi) is 5.25. The van der Waals surface area contributed by atoms with E-state index in [2.05, 4.69) is 13.8 Å². The zero-order valence-electron chi connectivity index (χ0n) is 8.41. The maximum absolute atomic E-state index is 11.7. The van der Waals surface area contributed by atoms with Crippen molar-refractivity contribution < 1.29 is 4.79 Å². The third-order valence-corrected chi connectivity index (χ3v) is 4.95. The van der Waals surface area contributed by atoms with E-state index in [0.717, 1.165) is 24.3 Å². The Bertz CT molecular complexity index is 162. The quantitative estimate of drug-likeness (QED) is 0.722. The van der Waals surface area contributed by atoms with Gasteiger partial charge in [-0.3, -0.25) is 4.79 Å². The first kappa shape index (κ1) is 11.4. The van der Waals surface area contributed by atoms with Crippen LogP contribution in [0.25, 0.3) is 0 Å². The molecule has 1 fully saturated rings. The number of hydrogen-bond acceptors (Lipinski definition) is 3. The van der Waals surface area contributed by atoms with Crippen LogP contribution in [-0.2, 0) is 4.79 Å². The molecule has 1 nitrogen and oxygen atoms in total. The minimum absolute atomic E-state index is 0.303. The van der Waals surface area contributed by atoms with E-state index in [4.69, 9.17) is 0 Å². The van der Waals surface area contributed by atoms with Gasteiger partial charge in [-0.05, 0) is 12.3 Å². The summed E-state index contributed by atoms with van der Waals surface area (Å²) in [5.74, 6) is 4.55. The van der Waals surface area contributed by atoms with Gasteiger partial charge in [-0.15, -0.1) is 11.8 Å². The largest absolute Gasteiger partial charge is 0.298 e. The zero-order valence-corrected chi connectivity index (χ0v) is 10.0. The van der Waals surface area contributed by atoms with Gasteiger partial charge in [-0.1, -0.05) is 13.8 Å². The van der Waals surface area contributed by atoms with Crippen molar-refractivity contribution in [2.45, 2.75) is 31.9 Å². The van der Waals surface area contributed by atoms with Crippen LogP contribution >= 0.6 is 23.5 Å². The van der Waals surface area contributed by atoms with Gasteiger partial charge in [-0.25, -0.2) is 0 Å². The van der Waals surface area contributed by atoms with Gasteiger partial charge in [-0.2, -0.15) is 11.8 Å². The van der Waals surface area contributed by atoms with E-state index in [1.165, 1.54) is 5.75 Å². The van der Waals surface area contributed by atoms with Crippen molar-refractivity contribution in [2.75, 3.05) is 17.3 Å². The molecule has 0 bridgehead atoms. The van der Waals surface area contributed by atoms with E-state index in [1.54, 1.807) is 0 Å². The predicted molar refractivity (Wildman–Crippen MR) is 62.7 cm³/mol. The van der Waals surface area contributed by atoms with E-state index in [0.29, 0.717) is 17.0 Å². The van der Waals surface area contributed by atoms with Crippen molar-refractivity contribution in [3.63, 3.8) is 0 Å². The average molecular weight is 218 g/mol. The maximum atomic E-state index is 11.7. The summed E-state index contributed by atoms with van der Waals surface area (Å²) >= 11 is 3.78. The molecular formula is C10H18OS2. The highest BCUT2D eigenvalue weighted by molar-refractivity contribution is 8.07. The summed E-state index contributed by atoms with van der Waals surface area (Å²) in [5.41, 5.74) is 0. The van der Waals surface area contributed by atoms with Crippen molar-refractivity contribution >= 4 is 29.3 Å². The second-order valence-electron chi connectivity index (χ2n) is 3.83. The summed E-state index contributed by atoms with van der Waals surface area (Å²) in [6.45, 7) is 4.35. The Labute approximate surface area is 89.4 Å². The van der Waals surface area contributed by atoms with Gasteiger partial charge in [0.2, 0.25) is 0 Å². The molecular weight excluding hydrogens is 200 g/mol. The predicted octanol–water partition coefficient (Wildman–Crippen LogP) is 2.84. The second-order valence-corrected chi connectivity index (χ2v) is 6.29. The molecule has 0 radical (unpaired) electrons. The fraction of sp³-hybridized carbons (Fsp3) is 0.900. The lowest BCUT2D eigenvalue weighted by Gasteiger charge is -2.19. The molecule has 1 unspecified atom stereocenters. The molecule has 1 heterocycles. The number of ketones is 1. The Balaban J connectivity index is 2.21. The summed E-state index contributed by atoms with van der Waals surface area (Å²) in [6, 6.07) is 0. The summed E-state index contributed by atoms with van der Waals surface area (Å²) in [5, 5.41) is 0.303. The molecule has 0 amide bonds. The first-order valence-corrected chi connectivity index (χ1v) is 7.12. The number of rotatable bonds is 4. The lowest BCUT2D eigenvalue weighted by atomic mass is 10.0. The van der Waals surface area contributed by atoms with Crippen LogP contribution in [0.3, 0.4) is 0 Å². The van der Waals surface area contributed by atoms with Crippen LogP contribution in [0.4, 0.5) is 0 Å². The average Bonchev–Trinajstić information content (AvgIpc) is 2.15. The molecule has 0 aromatic carbocycles. The zero-order chi connectivity index (χ0) is 9.68. The van der Waals surface area contributed by atoms with Crippen LogP contribution in [0.2, 0.25) is 0 Å². The molecule has 1 atom stereocenters. The Hall–Kier alpha value is 0.370. The SMILES string of the molecule is CC(C)CCC(=O)C1CSCCS1. The maximum Gasteiger partial charge on any atom is 0.146 e. The molecule has 0 saturated carbocycles. The molecule has 1 rings (SSSR count). The van der Waals surface area contributed by atoms with Gasteiger partial charge in [0.05, 0.1) is 5.25 Å². The Morgan fingerprint density at radius 1 is 1.46 bits per heavy atom. The normalized spacial score (nSPS) is 23.5. The number of Topliss-reactive ketones (excluding diaryl/α,β-unsaturated/α-hetero) is 1. The number of thioether (sulfide) groups is 2. The van der Waals surface area contributed by atoms with Crippen LogP contribution in [0.15, 0.2) is 0 Å². The molecule has 0 aliphatic carbocycles. The molecule has 0 N–H and O–H groups in total. The van der Waals surface area contributed by atoms with Crippen LogP contribution < -0.4 is 0 Å². The van der Waals surface area contributed by atoms with E-state index in [1.807, 2.05) is 23.5 Å². The second kappa shape index (κ2) is 5.97. The molecule has 3 heteroatoms. The summed E-state index contributed by atoms with van der Waals surface area (Å²) in [6.07, 6.45) is 1.84. The Morgan fingerprint density at radius 3 is 2.77 bits per heavy atom. The first-order chi connectivity index (χ1) is 6.20. The molecule has 1 aliphatic rings. The summed E-state index contributed by atoms with van der Waals surface area (Å²) in [4.78, 5) is 11.7. The molecule has 76 valence electrons. The smallest absolute Gasteiger partial charge is 0.146 e. The molecule has 1 aliphatic heterocycles. The van der Waals surface area contributed by atoms with E-state index in [9.17, 15) is 4.79 Å². The first-order valence-electron chi connectivity index (χ1n) is 4.92. The van der Waals surface area contributed by atoms with Crippen LogP contribution in [0.1, 0.15) is 26.7 Å². The van der Waals surface area contributed by atoms with Crippen LogP contribution in [0.5, 0.6) is 0 Å². The van der Waals surface area contributed by atoms with Gasteiger partial charge in [0.25, 0.3) is 0 Å². The van der Waals surface area contributed by atoms with Crippen molar-refractivity contribution in [1.29, 1.82) is 0 Å². The lowest BCUT2D eigenvalue weighted by molar-refractivity contribution is -0.118. The lowest BCUT2D eigenvalue weighted by Crippen LogP contribution is -2.24. The third kappa shape index (κ3) is 4.41. The van der Waals surface area contributed by atoms with Gasteiger partial charge in [0.15, 0.2) is 0 Å². The van der Waals surface area contributed by atoms with Crippen molar-refractivity contribution in [1.82, 2.24) is 0 Å². The topological polar surface area (TPSA) is 17.1 Å². The monoisotopic (exact) mass is 218 g/mol. The molecule has 13 heavy (non-hydrogen) atoms. The standard InChI is InChI=1S/C10H18OS2/c1-8(2)3-4-9(11)10-7-12-5-6-13-10/h8,10H,3-7H2,1-2H3. The van der Waals surface area contributed by atoms with Gasteiger partial charge >= 0.3 is 0 Å². The highest BCUT2D eigenvalue weighted by Crippen LogP contribution is 2.26. The van der Waals surface area contributed by atoms with E-state index in [-0.39, 0.29) is 0 Å². The number of carbonyl (C=O) groups is 1. The van der Waals surface area contributed by atoms with E-state index < -0.39 is 0 Å². The fourth-order valence-corrected chi connectivity index (χ4v) is 3.95. The molecule has 0 spiro atoms. The van der Waals surface area contributed by atoms with E-state index >= 15 is 0 Å². The van der Waals surface area contributed by atoms with Crippen LogP contribution in [-0.4, -0.2) is 28.3 Å². The molecule has 0 aromatic rings. The number of carbonyl (C=O) groups excluding carboxylic acids is 1.